The Kier molecular flexibility index (Phi) is 1.50. The minimum atomic E-state index is 0.115. The standard InChI is InChI=1S/C20H8O2/c21-19-12-7-8-13(19)17-11-5-6-14-18(20(14)22)15(11)9-3-1-2-4-10(9)16(12)17/h1-8H. The number of fused-ring (bicyclic) bond motifs is 10. The summed E-state index contributed by atoms with van der Waals surface area (Å²) in [6, 6.07) is 12.0. The molecule has 2 heteroatoms. The van der Waals surface area contributed by atoms with E-state index in [0.29, 0.717) is 0 Å². The summed E-state index contributed by atoms with van der Waals surface area (Å²) in [6.45, 7) is 0. The van der Waals surface area contributed by atoms with Gasteiger partial charge in [0.25, 0.3) is 0 Å². The zero-order chi connectivity index (χ0) is 14.6. The lowest BCUT2D eigenvalue weighted by molar-refractivity contribution is -0.108. The summed E-state index contributed by atoms with van der Waals surface area (Å²) in [7, 11) is 0. The smallest absolute Gasteiger partial charge is 0.195 e. The lowest BCUT2D eigenvalue weighted by Crippen LogP contribution is -2.27. The molecule has 0 aliphatic heterocycles. The van der Waals surface area contributed by atoms with E-state index in [1.165, 1.54) is 0 Å². The molecule has 0 amide bonds. The minimum Gasteiger partial charge on any atom is -0.289 e. The second kappa shape index (κ2) is 3.09. The van der Waals surface area contributed by atoms with Crippen LogP contribution in [0.4, 0.5) is 0 Å². The molecule has 2 bridgehead atoms. The Labute approximate surface area is 124 Å². The summed E-state index contributed by atoms with van der Waals surface area (Å²) in [5.41, 5.74) is 1.70. The fraction of sp³-hybridized carbons (Fsp3) is 0. The first-order valence-electron chi connectivity index (χ1n) is 7.31. The second-order valence-electron chi connectivity index (χ2n) is 6.03. The Bertz CT molecular complexity index is 1390. The molecule has 2 nitrogen and oxygen atoms in total. The third-order valence-corrected chi connectivity index (χ3v) is 5.04. The minimum absolute atomic E-state index is 0.115. The summed E-state index contributed by atoms with van der Waals surface area (Å²) in [6.07, 6.45) is 3.82. The van der Waals surface area contributed by atoms with E-state index in [9.17, 15) is 9.59 Å². The monoisotopic (exact) mass is 280 g/mol. The molecule has 2 aliphatic carbocycles. The molecule has 4 aromatic rings. The summed E-state index contributed by atoms with van der Waals surface area (Å²) < 4.78 is 0. The third-order valence-electron chi connectivity index (χ3n) is 5.04. The highest BCUT2D eigenvalue weighted by Crippen LogP contribution is 2.33. The van der Waals surface area contributed by atoms with Crippen molar-refractivity contribution in [1.29, 1.82) is 0 Å². The predicted molar refractivity (Wildman–Crippen MR) is 87.8 cm³/mol. The third kappa shape index (κ3) is 0.941. The van der Waals surface area contributed by atoms with Gasteiger partial charge in [0.05, 0.1) is 0 Å². The van der Waals surface area contributed by atoms with Gasteiger partial charge in [-0.3, -0.25) is 9.59 Å². The van der Waals surface area contributed by atoms with Crippen molar-refractivity contribution in [3.05, 3.63) is 69.2 Å². The molecule has 4 aromatic carbocycles. The van der Waals surface area contributed by atoms with Crippen LogP contribution in [0.25, 0.3) is 43.5 Å². The maximum atomic E-state index is 12.5. The van der Waals surface area contributed by atoms with Crippen molar-refractivity contribution in [3.63, 3.8) is 0 Å². The van der Waals surface area contributed by atoms with Gasteiger partial charge in [-0.15, -0.1) is 0 Å². The first-order chi connectivity index (χ1) is 10.8. The van der Waals surface area contributed by atoms with Crippen molar-refractivity contribution in [1.82, 2.24) is 0 Å². The van der Waals surface area contributed by atoms with E-state index < -0.39 is 0 Å². The van der Waals surface area contributed by atoms with Crippen LogP contribution >= 0.6 is 0 Å². The molecule has 0 N–H and O–H groups in total. The van der Waals surface area contributed by atoms with Gasteiger partial charge in [-0.05, 0) is 34.4 Å². The number of ketones is 1. The maximum absolute atomic E-state index is 12.5. The lowest BCUT2D eigenvalue weighted by Gasteiger charge is -2.06. The largest absolute Gasteiger partial charge is 0.289 e. The zero-order valence-electron chi connectivity index (χ0n) is 11.4. The van der Waals surface area contributed by atoms with Gasteiger partial charge in [0.2, 0.25) is 0 Å². The van der Waals surface area contributed by atoms with E-state index in [-0.39, 0.29) is 11.2 Å². The Balaban J connectivity index is 2.15. The highest BCUT2D eigenvalue weighted by molar-refractivity contribution is 6.47. The van der Waals surface area contributed by atoms with Gasteiger partial charge in [-0.1, -0.05) is 30.3 Å². The average Bonchev–Trinajstić information content (AvgIpc) is 2.95. The molecular formula is C20H8O2. The van der Waals surface area contributed by atoms with Crippen molar-refractivity contribution in [3.8, 4) is 0 Å². The van der Waals surface area contributed by atoms with Gasteiger partial charge in [0, 0.05) is 37.7 Å². The van der Waals surface area contributed by atoms with Gasteiger partial charge in [0.15, 0.2) is 11.2 Å². The van der Waals surface area contributed by atoms with Crippen molar-refractivity contribution in [2.24, 2.45) is 0 Å². The van der Waals surface area contributed by atoms with Gasteiger partial charge >= 0.3 is 0 Å². The molecule has 0 radical (unpaired) electrons. The Hall–Kier alpha value is -3.00. The van der Waals surface area contributed by atoms with Crippen molar-refractivity contribution in [2.45, 2.75) is 0 Å². The van der Waals surface area contributed by atoms with Crippen molar-refractivity contribution < 1.29 is 4.79 Å². The molecule has 0 aromatic heterocycles. The predicted octanol–water partition coefficient (Wildman–Crippen LogP) is 1.84. The number of hydrogen-bond donors (Lipinski definition) is 0. The molecule has 0 saturated carbocycles. The number of Topliss-reactive ketones (excluding diaryl/α,β-unsaturated/α-hetero) is 1. The number of allylic oxidation sites excluding steroid dienone is 2. The van der Waals surface area contributed by atoms with Crippen LogP contribution in [0.1, 0.15) is 0 Å². The number of benzene rings is 3. The molecule has 0 unspecified atom stereocenters. The Morgan fingerprint density at radius 2 is 1.23 bits per heavy atom. The number of rotatable bonds is 0. The summed E-state index contributed by atoms with van der Waals surface area (Å²) in [5.74, 6) is 0.115. The van der Waals surface area contributed by atoms with Crippen LogP contribution in [0.3, 0.4) is 0 Å². The molecular weight excluding hydrogens is 272 g/mol. The summed E-state index contributed by atoms with van der Waals surface area (Å²) >= 11 is 0. The van der Waals surface area contributed by atoms with Crippen LogP contribution in [-0.2, 0) is 4.79 Å². The van der Waals surface area contributed by atoms with E-state index in [0.717, 1.165) is 53.9 Å². The van der Waals surface area contributed by atoms with Crippen LogP contribution in [-0.4, -0.2) is 5.78 Å². The first kappa shape index (κ1) is 10.7. The first-order valence-corrected chi connectivity index (χ1v) is 7.31. The van der Waals surface area contributed by atoms with E-state index >= 15 is 0 Å². The van der Waals surface area contributed by atoms with E-state index in [1.807, 2.05) is 36.4 Å². The molecule has 0 spiro atoms. The topological polar surface area (TPSA) is 34.1 Å². The highest BCUT2D eigenvalue weighted by atomic mass is 16.1. The van der Waals surface area contributed by atoms with E-state index in [1.54, 1.807) is 0 Å². The average molecular weight is 280 g/mol. The van der Waals surface area contributed by atoms with Gasteiger partial charge in [0.1, 0.15) is 0 Å². The molecule has 6 rings (SSSR count). The van der Waals surface area contributed by atoms with Crippen molar-refractivity contribution >= 4 is 49.2 Å². The SMILES string of the molecule is O=C1C2=c3c(c4ccc5c(=O)c5c4c4ccccc34)=C1C=C2. The molecule has 22 heavy (non-hydrogen) atoms. The molecule has 0 heterocycles. The normalized spacial score (nSPS) is 16.1. The van der Waals surface area contributed by atoms with Gasteiger partial charge in [-0.2, -0.15) is 0 Å². The molecule has 100 valence electrons. The molecule has 0 atom stereocenters. The lowest BCUT2D eigenvalue weighted by atomic mass is 9.96. The van der Waals surface area contributed by atoms with Crippen LogP contribution < -0.4 is 15.9 Å². The highest BCUT2D eigenvalue weighted by Gasteiger charge is 2.29. The molecule has 2 aliphatic rings. The fourth-order valence-electron chi connectivity index (χ4n) is 4.07. The van der Waals surface area contributed by atoms with E-state index in [2.05, 4.69) is 12.1 Å². The second-order valence-corrected chi connectivity index (χ2v) is 6.03. The zero-order valence-corrected chi connectivity index (χ0v) is 11.4. The number of carbonyl (C=O) groups is 1. The van der Waals surface area contributed by atoms with Crippen LogP contribution in [0.5, 0.6) is 0 Å². The Morgan fingerprint density at radius 3 is 2.00 bits per heavy atom. The molecule has 0 fully saturated rings. The van der Waals surface area contributed by atoms with Crippen LogP contribution in [0.15, 0.2) is 53.3 Å². The van der Waals surface area contributed by atoms with Crippen molar-refractivity contribution in [2.75, 3.05) is 0 Å². The Morgan fingerprint density at radius 1 is 0.591 bits per heavy atom. The summed E-state index contributed by atoms with van der Waals surface area (Å²) in [4.78, 5) is 24.5. The van der Waals surface area contributed by atoms with E-state index in [4.69, 9.17) is 0 Å². The fourth-order valence-corrected chi connectivity index (χ4v) is 4.07. The van der Waals surface area contributed by atoms with Crippen LogP contribution in [0.2, 0.25) is 0 Å². The quantitative estimate of drug-likeness (QED) is 0.461. The van der Waals surface area contributed by atoms with Gasteiger partial charge in [-0.25, -0.2) is 0 Å². The molecule has 0 saturated heterocycles. The summed E-state index contributed by atoms with van der Waals surface area (Å²) in [5, 5.41) is 7.89. The van der Waals surface area contributed by atoms with Crippen LogP contribution in [0, 0.1) is 0 Å². The maximum Gasteiger partial charge on any atom is 0.195 e. The number of carbonyl (C=O) groups excluding carboxylic acids is 1. The number of hydrogen-bond acceptors (Lipinski definition) is 2. The van der Waals surface area contributed by atoms with Gasteiger partial charge < -0.3 is 0 Å².